The van der Waals surface area contributed by atoms with Crippen molar-refractivity contribution in [2.45, 2.75) is 6.17 Å². The van der Waals surface area contributed by atoms with Crippen LogP contribution in [-0.4, -0.2) is 19.5 Å². The van der Waals surface area contributed by atoms with Crippen LogP contribution in [0.1, 0.15) is 0 Å². The van der Waals surface area contributed by atoms with Crippen LogP contribution >= 0.6 is 0 Å². The molecule has 0 spiro atoms. The molecule has 0 radical (unpaired) electrons. The van der Waals surface area contributed by atoms with E-state index < -0.39 is 0 Å². The lowest BCUT2D eigenvalue weighted by Crippen LogP contribution is -2.46. The Labute approximate surface area is 53.7 Å². The van der Waals surface area contributed by atoms with Crippen molar-refractivity contribution in [2.75, 3.05) is 13.3 Å². The van der Waals surface area contributed by atoms with Crippen LogP contribution in [0, 0.1) is 0 Å². The lowest BCUT2D eigenvalue weighted by atomic mass is 10.3. The lowest BCUT2D eigenvalue weighted by molar-refractivity contribution is 0.495. The first-order chi connectivity index (χ1) is 4.47. The molecule has 2 heterocycles. The smallest absolute Gasteiger partial charge is 0.103 e. The SMILES string of the molecule is C1=C2NCNC2NCN1. The van der Waals surface area contributed by atoms with Crippen LogP contribution in [0.3, 0.4) is 0 Å². The van der Waals surface area contributed by atoms with Crippen molar-refractivity contribution >= 4 is 0 Å². The molecule has 0 bridgehead atoms. The molecule has 0 aliphatic carbocycles. The van der Waals surface area contributed by atoms with Gasteiger partial charge in [-0.15, -0.1) is 0 Å². The van der Waals surface area contributed by atoms with E-state index in [1.54, 1.807) is 0 Å². The molecule has 2 aliphatic rings. The largest absolute Gasteiger partial charge is 0.377 e. The molecule has 2 aliphatic heterocycles. The first-order valence-electron chi connectivity index (χ1n) is 3.11. The summed E-state index contributed by atoms with van der Waals surface area (Å²) in [5.41, 5.74) is 1.21. The Morgan fingerprint density at radius 3 is 3.11 bits per heavy atom. The molecule has 1 fully saturated rings. The second-order valence-corrected chi connectivity index (χ2v) is 2.18. The Bertz CT molecular complexity index is 142. The molecular weight excluding hydrogens is 116 g/mol. The summed E-state index contributed by atoms with van der Waals surface area (Å²) in [5, 5.41) is 12.7. The zero-order chi connectivity index (χ0) is 6.10. The minimum absolute atomic E-state index is 0.353. The van der Waals surface area contributed by atoms with Crippen molar-refractivity contribution in [2.24, 2.45) is 0 Å². The maximum atomic E-state index is 3.23. The summed E-state index contributed by atoms with van der Waals surface area (Å²) >= 11 is 0. The molecule has 50 valence electrons. The van der Waals surface area contributed by atoms with E-state index >= 15 is 0 Å². The fourth-order valence-corrected chi connectivity index (χ4v) is 1.11. The van der Waals surface area contributed by atoms with Gasteiger partial charge < -0.3 is 10.6 Å². The Kier molecular flexibility index (Phi) is 1.07. The molecule has 1 atom stereocenters. The molecule has 2 rings (SSSR count). The minimum Gasteiger partial charge on any atom is -0.377 e. The van der Waals surface area contributed by atoms with Crippen LogP contribution in [0.2, 0.25) is 0 Å². The van der Waals surface area contributed by atoms with Crippen molar-refractivity contribution < 1.29 is 0 Å². The quantitative estimate of drug-likeness (QED) is 0.317. The van der Waals surface area contributed by atoms with Gasteiger partial charge in [0.05, 0.1) is 19.0 Å². The summed E-state index contributed by atoms with van der Waals surface area (Å²) in [7, 11) is 0. The van der Waals surface area contributed by atoms with Gasteiger partial charge in [0, 0.05) is 6.20 Å². The van der Waals surface area contributed by atoms with Gasteiger partial charge in [0.2, 0.25) is 0 Å². The maximum absolute atomic E-state index is 3.23. The van der Waals surface area contributed by atoms with E-state index in [0.29, 0.717) is 6.17 Å². The van der Waals surface area contributed by atoms with Gasteiger partial charge in [0.1, 0.15) is 6.17 Å². The number of rotatable bonds is 0. The van der Waals surface area contributed by atoms with Crippen LogP contribution in [0.15, 0.2) is 11.9 Å². The first kappa shape index (κ1) is 5.08. The molecule has 1 saturated heterocycles. The predicted molar refractivity (Wildman–Crippen MR) is 34.1 cm³/mol. The van der Waals surface area contributed by atoms with Crippen molar-refractivity contribution in [3.63, 3.8) is 0 Å². The van der Waals surface area contributed by atoms with E-state index in [2.05, 4.69) is 21.3 Å². The lowest BCUT2D eigenvalue weighted by Gasteiger charge is -2.18. The second-order valence-electron chi connectivity index (χ2n) is 2.18. The normalized spacial score (nSPS) is 32.0. The third-order valence-electron chi connectivity index (χ3n) is 1.58. The minimum atomic E-state index is 0.353. The zero-order valence-electron chi connectivity index (χ0n) is 5.07. The zero-order valence-corrected chi connectivity index (χ0v) is 5.07. The Hall–Kier alpha value is -0.740. The number of hydrogen-bond acceptors (Lipinski definition) is 4. The molecule has 9 heavy (non-hydrogen) atoms. The third-order valence-corrected chi connectivity index (χ3v) is 1.58. The molecule has 4 nitrogen and oxygen atoms in total. The van der Waals surface area contributed by atoms with Gasteiger partial charge in [-0.05, 0) is 0 Å². The van der Waals surface area contributed by atoms with Crippen LogP contribution < -0.4 is 21.3 Å². The molecule has 0 saturated carbocycles. The second kappa shape index (κ2) is 1.89. The van der Waals surface area contributed by atoms with Gasteiger partial charge in [-0.1, -0.05) is 0 Å². The molecule has 0 amide bonds. The Balaban J connectivity index is 2.16. The molecule has 4 heteroatoms. The van der Waals surface area contributed by atoms with E-state index in [-0.39, 0.29) is 0 Å². The average molecular weight is 126 g/mol. The molecule has 0 aromatic carbocycles. The van der Waals surface area contributed by atoms with Gasteiger partial charge >= 0.3 is 0 Å². The van der Waals surface area contributed by atoms with E-state index in [4.69, 9.17) is 0 Å². The molecule has 0 aromatic heterocycles. The van der Waals surface area contributed by atoms with Gasteiger partial charge in [-0.2, -0.15) is 0 Å². The summed E-state index contributed by atoms with van der Waals surface area (Å²) in [6.45, 7) is 1.72. The number of hydrogen-bond donors (Lipinski definition) is 4. The van der Waals surface area contributed by atoms with Gasteiger partial charge in [0.15, 0.2) is 0 Å². The highest BCUT2D eigenvalue weighted by Gasteiger charge is 2.20. The maximum Gasteiger partial charge on any atom is 0.103 e. The van der Waals surface area contributed by atoms with E-state index in [1.807, 2.05) is 6.20 Å². The fourth-order valence-electron chi connectivity index (χ4n) is 1.11. The molecule has 4 N–H and O–H groups in total. The Morgan fingerprint density at radius 1 is 1.33 bits per heavy atom. The average Bonchev–Trinajstić information content (AvgIpc) is 2.33. The predicted octanol–water partition coefficient (Wildman–Crippen LogP) is -1.55. The van der Waals surface area contributed by atoms with Gasteiger partial charge in [-0.3, -0.25) is 10.6 Å². The summed E-state index contributed by atoms with van der Waals surface area (Å²) in [4.78, 5) is 0. The highest BCUT2D eigenvalue weighted by atomic mass is 15.3. The standard InChI is InChI=1S/C5H10N4/c1-4-5(8-2-6-1)9-3-7-4/h1,5-9H,2-3H2. The topological polar surface area (TPSA) is 48.1 Å². The summed E-state index contributed by atoms with van der Waals surface area (Å²) in [6, 6.07) is 0. The fraction of sp³-hybridized carbons (Fsp3) is 0.600. The van der Waals surface area contributed by atoms with Crippen molar-refractivity contribution in [3.05, 3.63) is 11.9 Å². The highest BCUT2D eigenvalue weighted by molar-refractivity contribution is 5.12. The van der Waals surface area contributed by atoms with Crippen molar-refractivity contribution in [1.29, 1.82) is 0 Å². The van der Waals surface area contributed by atoms with E-state index in [1.165, 1.54) is 5.70 Å². The number of nitrogens with one attached hydrogen (secondary N) is 4. The van der Waals surface area contributed by atoms with E-state index in [0.717, 1.165) is 13.3 Å². The number of fused-ring (bicyclic) bond motifs is 1. The summed E-state index contributed by atoms with van der Waals surface area (Å²) in [6.07, 6.45) is 2.35. The van der Waals surface area contributed by atoms with Crippen molar-refractivity contribution in [3.8, 4) is 0 Å². The monoisotopic (exact) mass is 126 g/mol. The van der Waals surface area contributed by atoms with Crippen LogP contribution in [0.4, 0.5) is 0 Å². The first-order valence-corrected chi connectivity index (χ1v) is 3.11. The van der Waals surface area contributed by atoms with Crippen LogP contribution in [0.5, 0.6) is 0 Å². The third kappa shape index (κ3) is 0.760. The van der Waals surface area contributed by atoms with Gasteiger partial charge in [0.25, 0.3) is 0 Å². The molecule has 0 aromatic rings. The van der Waals surface area contributed by atoms with Crippen LogP contribution in [-0.2, 0) is 0 Å². The molecule has 1 unspecified atom stereocenters. The molecular formula is C5H10N4. The summed E-state index contributed by atoms with van der Waals surface area (Å²) in [5.74, 6) is 0. The van der Waals surface area contributed by atoms with E-state index in [9.17, 15) is 0 Å². The van der Waals surface area contributed by atoms with Gasteiger partial charge in [-0.25, -0.2) is 0 Å². The van der Waals surface area contributed by atoms with Crippen LogP contribution in [0.25, 0.3) is 0 Å². The van der Waals surface area contributed by atoms with Crippen molar-refractivity contribution in [1.82, 2.24) is 21.3 Å². The highest BCUT2D eigenvalue weighted by Crippen LogP contribution is 2.00. The Morgan fingerprint density at radius 2 is 2.22 bits per heavy atom. The summed E-state index contributed by atoms with van der Waals surface area (Å²) < 4.78 is 0.